The van der Waals surface area contributed by atoms with E-state index in [9.17, 15) is 30.0 Å². The normalized spacial score (nSPS) is 17.0. The van der Waals surface area contributed by atoms with Crippen LogP contribution in [0.4, 0.5) is 13.2 Å². The van der Waals surface area contributed by atoms with E-state index in [1.54, 1.807) is 0 Å². The summed E-state index contributed by atoms with van der Waals surface area (Å²) in [5.74, 6) is -2.84. The molecule has 1 aliphatic rings. The second kappa shape index (κ2) is 7.64. The molecular formula is C16H14ClF3N2O4S2. The first-order valence-electron chi connectivity index (χ1n) is 7.94. The van der Waals surface area contributed by atoms with E-state index < -0.39 is 42.4 Å². The third-order valence-corrected chi connectivity index (χ3v) is 8.53. The fourth-order valence-electron chi connectivity index (χ4n) is 2.80. The monoisotopic (exact) mass is 454 g/mol. The standard InChI is InChI=1S/C16H14ClF3N2O4S2/c17-13-9-11(18)1-3-15(13)27(23,24)21-5-7-22(8-6-21)28(25,26)16-4-2-12(19)10-14(16)20/h1-4,9-10H,5-8H2. The minimum atomic E-state index is -4.26. The molecule has 0 unspecified atom stereocenters. The van der Waals surface area contributed by atoms with Gasteiger partial charge in [0.1, 0.15) is 27.2 Å². The van der Waals surface area contributed by atoms with Crippen LogP contribution >= 0.6 is 11.6 Å². The lowest BCUT2D eigenvalue weighted by Crippen LogP contribution is -2.50. The molecule has 0 aromatic heterocycles. The lowest BCUT2D eigenvalue weighted by molar-refractivity contribution is 0.272. The van der Waals surface area contributed by atoms with Crippen molar-refractivity contribution >= 4 is 31.6 Å². The Morgan fingerprint density at radius 3 is 1.61 bits per heavy atom. The minimum Gasteiger partial charge on any atom is -0.207 e. The lowest BCUT2D eigenvalue weighted by atomic mass is 10.3. The van der Waals surface area contributed by atoms with E-state index >= 15 is 0 Å². The summed E-state index contributed by atoms with van der Waals surface area (Å²) in [5, 5.41) is -0.288. The molecule has 0 bridgehead atoms. The zero-order chi connectivity index (χ0) is 20.7. The van der Waals surface area contributed by atoms with Gasteiger partial charge in [-0.2, -0.15) is 8.61 Å². The summed E-state index contributed by atoms with van der Waals surface area (Å²) in [6.45, 7) is -0.898. The molecule has 3 rings (SSSR count). The van der Waals surface area contributed by atoms with Crippen molar-refractivity contribution in [2.75, 3.05) is 26.2 Å². The van der Waals surface area contributed by atoms with Crippen molar-refractivity contribution in [3.8, 4) is 0 Å². The number of hydrogen-bond donors (Lipinski definition) is 0. The SMILES string of the molecule is O=S(=O)(c1ccc(F)cc1F)N1CCN(S(=O)(=O)c2ccc(F)cc2Cl)CC1. The maximum absolute atomic E-state index is 13.9. The quantitative estimate of drug-likeness (QED) is 0.711. The van der Waals surface area contributed by atoms with E-state index in [0.29, 0.717) is 6.07 Å². The fraction of sp³-hybridized carbons (Fsp3) is 0.250. The molecule has 0 saturated carbocycles. The van der Waals surface area contributed by atoms with Crippen LogP contribution in [-0.4, -0.2) is 51.6 Å². The van der Waals surface area contributed by atoms with Gasteiger partial charge in [-0.05, 0) is 30.3 Å². The van der Waals surface area contributed by atoms with Gasteiger partial charge in [-0.15, -0.1) is 0 Å². The third-order valence-electron chi connectivity index (χ3n) is 4.22. The van der Waals surface area contributed by atoms with Crippen LogP contribution in [0.15, 0.2) is 46.2 Å². The molecule has 28 heavy (non-hydrogen) atoms. The summed E-state index contributed by atoms with van der Waals surface area (Å²) in [6.07, 6.45) is 0. The van der Waals surface area contributed by atoms with Gasteiger partial charge in [-0.3, -0.25) is 0 Å². The van der Waals surface area contributed by atoms with Crippen molar-refractivity contribution in [3.63, 3.8) is 0 Å². The van der Waals surface area contributed by atoms with Crippen molar-refractivity contribution in [1.82, 2.24) is 8.61 Å². The Balaban J connectivity index is 1.80. The first-order chi connectivity index (χ1) is 13.0. The maximum Gasteiger partial charge on any atom is 0.246 e. The van der Waals surface area contributed by atoms with Gasteiger partial charge in [0.05, 0.1) is 5.02 Å². The zero-order valence-corrected chi connectivity index (χ0v) is 16.5. The van der Waals surface area contributed by atoms with Crippen LogP contribution in [0.5, 0.6) is 0 Å². The fourth-order valence-corrected chi connectivity index (χ4v) is 6.19. The second-order valence-corrected chi connectivity index (χ2v) is 10.2. The average Bonchev–Trinajstić information content (AvgIpc) is 2.61. The molecule has 2 aromatic rings. The predicted octanol–water partition coefficient (Wildman–Crippen LogP) is 2.45. The summed E-state index contributed by atoms with van der Waals surface area (Å²) in [6, 6.07) is 4.96. The average molecular weight is 455 g/mol. The molecule has 12 heteroatoms. The summed E-state index contributed by atoms with van der Waals surface area (Å²) < 4.78 is 92.5. The highest BCUT2D eigenvalue weighted by Crippen LogP contribution is 2.27. The van der Waals surface area contributed by atoms with Crippen LogP contribution in [0, 0.1) is 17.5 Å². The first kappa shape index (κ1) is 21.1. The Bertz CT molecular complexity index is 1030. The zero-order valence-electron chi connectivity index (χ0n) is 14.1. The molecule has 0 atom stereocenters. The Labute approximate surface area is 165 Å². The molecule has 6 nitrogen and oxygen atoms in total. The topological polar surface area (TPSA) is 74.8 Å². The van der Waals surface area contributed by atoms with Gasteiger partial charge in [0.25, 0.3) is 0 Å². The van der Waals surface area contributed by atoms with Crippen LogP contribution in [0.1, 0.15) is 0 Å². The Morgan fingerprint density at radius 1 is 0.714 bits per heavy atom. The highest BCUT2D eigenvalue weighted by molar-refractivity contribution is 7.89. The number of piperazine rings is 1. The van der Waals surface area contributed by atoms with E-state index in [1.807, 2.05) is 0 Å². The summed E-state index contributed by atoms with van der Waals surface area (Å²) in [5.41, 5.74) is 0. The predicted molar refractivity (Wildman–Crippen MR) is 95.3 cm³/mol. The van der Waals surface area contributed by atoms with Crippen molar-refractivity contribution in [3.05, 3.63) is 58.9 Å². The minimum absolute atomic E-state index is 0.210. The molecular weight excluding hydrogens is 441 g/mol. The highest BCUT2D eigenvalue weighted by atomic mass is 35.5. The molecule has 0 amide bonds. The molecule has 1 fully saturated rings. The Morgan fingerprint density at radius 2 is 1.14 bits per heavy atom. The number of rotatable bonds is 4. The van der Waals surface area contributed by atoms with Gasteiger partial charge >= 0.3 is 0 Å². The lowest BCUT2D eigenvalue weighted by Gasteiger charge is -2.33. The number of sulfonamides is 2. The summed E-state index contributed by atoms with van der Waals surface area (Å²) >= 11 is 5.82. The van der Waals surface area contributed by atoms with E-state index in [1.165, 1.54) is 0 Å². The molecule has 1 aliphatic heterocycles. The van der Waals surface area contributed by atoms with Crippen LogP contribution in [0.2, 0.25) is 5.02 Å². The van der Waals surface area contributed by atoms with E-state index in [0.717, 1.165) is 38.9 Å². The number of halogens is 4. The highest BCUT2D eigenvalue weighted by Gasteiger charge is 2.35. The molecule has 0 radical (unpaired) electrons. The molecule has 0 N–H and O–H groups in total. The molecule has 152 valence electrons. The van der Waals surface area contributed by atoms with Gasteiger partial charge in [0.15, 0.2) is 0 Å². The number of hydrogen-bond acceptors (Lipinski definition) is 4. The largest absolute Gasteiger partial charge is 0.246 e. The Hall–Kier alpha value is -1.66. The first-order valence-corrected chi connectivity index (χ1v) is 11.2. The number of nitrogens with zero attached hydrogens (tertiary/aromatic N) is 2. The van der Waals surface area contributed by atoms with Gasteiger partial charge in [0.2, 0.25) is 20.0 Å². The van der Waals surface area contributed by atoms with Crippen molar-refractivity contribution < 1.29 is 30.0 Å². The van der Waals surface area contributed by atoms with E-state index in [-0.39, 0.29) is 36.1 Å². The Kier molecular flexibility index (Phi) is 5.74. The van der Waals surface area contributed by atoms with Crippen LogP contribution in [-0.2, 0) is 20.0 Å². The van der Waals surface area contributed by atoms with Crippen LogP contribution in [0.25, 0.3) is 0 Å². The van der Waals surface area contributed by atoms with Gasteiger partial charge in [-0.25, -0.2) is 30.0 Å². The summed E-state index contributed by atoms with van der Waals surface area (Å²) in [7, 11) is -8.33. The third kappa shape index (κ3) is 3.90. The molecule has 1 heterocycles. The molecule has 0 spiro atoms. The molecule has 1 saturated heterocycles. The number of benzene rings is 2. The van der Waals surface area contributed by atoms with Crippen LogP contribution in [0.3, 0.4) is 0 Å². The van der Waals surface area contributed by atoms with Gasteiger partial charge in [0, 0.05) is 32.2 Å². The van der Waals surface area contributed by atoms with Crippen molar-refractivity contribution in [1.29, 1.82) is 0 Å². The molecule has 0 aliphatic carbocycles. The molecule has 2 aromatic carbocycles. The van der Waals surface area contributed by atoms with Gasteiger partial charge < -0.3 is 0 Å². The second-order valence-electron chi connectivity index (χ2n) is 5.96. The van der Waals surface area contributed by atoms with Crippen LogP contribution < -0.4 is 0 Å². The van der Waals surface area contributed by atoms with Gasteiger partial charge in [-0.1, -0.05) is 11.6 Å². The summed E-state index contributed by atoms with van der Waals surface area (Å²) in [4.78, 5) is -0.983. The van der Waals surface area contributed by atoms with E-state index in [2.05, 4.69) is 0 Å². The maximum atomic E-state index is 13.9. The van der Waals surface area contributed by atoms with E-state index in [4.69, 9.17) is 11.6 Å². The van der Waals surface area contributed by atoms with Crippen molar-refractivity contribution in [2.24, 2.45) is 0 Å². The smallest absolute Gasteiger partial charge is 0.207 e. The van der Waals surface area contributed by atoms with Crippen molar-refractivity contribution in [2.45, 2.75) is 9.79 Å².